The number of amides is 1. The lowest BCUT2D eigenvalue weighted by Crippen LogP contribution is -2.21. The lowest BCUT2D eigenvalue weighted by atomic mass is 9.86. The number of allylic oxidation sites excluding steroid dienone is 1. The summed E-state index contributed by atoms with van der Waals surface area (Å²) in [7, 11) is 0. The molecule has 0 aliphatic heterocycles. The minimum absolute atomic E-state index is 0.00350. The average molecular weight is 380 g/mol. The number of hydrogen-bond acceptors (Lipinski definition) is 2. The minimum atomic E-state index is -0.00401. The molecule has 3 heteroatoms. The number of hydrogen-bond donors (Lipinski definition) is 1. The van der Waals surface area contributed by atoms with Gasteiger partial charge in [-0.15, -0.1) is 0 Å². The second kappa shape index (κ2) is 9.16. The summed E-state index contributed by atoms with van der Waals surface area (Å²) >= 11 is 0. The van der Waals surface area contributed by atoms with Crippen LogP contribution in [0.1, 0.15) is 29.0 Å². The highest BCUT2D eigenvalue weighted by Gasteiger charge is 2.48. The summed E-state index contributed by atoms with van der Waals surface area (Å²) in [6.45, 7) is 0. The maximum absolute atomic E-state index is 12.6. The molecule has 0 heterocycles. The van der Waals surface area contributed by atoms with Crippen LogP contribution in [0.15, 0.2) is 102 Å². The van der Waals surface area contributed by atoms with Crippen molar-refractivity contribution in [3.05, 3.63) is 114 Å². The van der Waals surface area contributed by atoms with Crippen molar-refractivity contribution in [1.82, 2.24) is 5.43 Å². The highest BCUT2D eigenvalue weighted by molar-refractivity contribution is 5.84. The van der Waals surface area contributed by atoms with Gasteiger partial charge < -0.3 is 0 Å². The molecule has 0 spiro atoms. The number of nitrogens with zero attached hydrogens (tertiary/aromatic N) is 1. The Kier molecular flexibility index (Phi) is 5.96. The highest BCUT2D eigenvalue weighted by Crippen LogP contribution is 2.51. The van der Waals surface area contributed by atoms with Crippen LogP contribution >= 0.6 is 0 Å². The zero-order valence-electron chi connectivity index (χ0n) is 16.2. The van der Waals surface area contributed by atoms with E-state index in [0.29, 0.717) is 5.92 Å². The normalized spacial score (nSPS) is 18.4. The van der Waals surface area contributed by atoms with Crippen molar-refractivity contribution in [1.29, 1.82) is 0 Å². The summed E-state index contributed by atoms with van der Waals surface area (Å²) in [5, 5.41) is 4.08. The van der Waals surface area contributed by atoms with E-state index < -0.39 is 0 Å². The van der Waals surface area contributed by atoms with E-state index in [9.17, 15) is 4.79 Å². The summed E-state index contributed by atoms with van der Waals surface area (Å²) in [5.74, 6) is 0.525. The van der Waals surface area contributed by atoms with Gasteiger partial charge in [0.25, 0.3) is 0 Å². The van der Waals surface area contributed by atoms with E-state index in [2.05, 4.69) is 59.1 Å². The van der Waals surface area contributed by atoms with Crippen LogP contribution in [0.3, 0.4) is 0 Å². The van der Waals surface area contributed by atoms with Gasteiger partial charge in [-0.3, -0.25) is 4.79 Å². The lowest BCUT2D eigenvalue weighted by Gasteiger charge is -2.18. The number of rotatable bonds is 7. The van der Waals surface area contributed by atoms with Crippen molar-refractivity contribution in [2.75, 3.05) is 0 Å². The molecule has 0 aromatic heterocycles. The molecule has 1 aliphatic carbocycles. The zero-order chi connectivity index (χ0) is 19.9. The summed E-state index contributed by atoms with van der Waals surface area (Å²) in [4.78, 5) is 12.6. The van der Waals surface area contributed by atoms with Crippen molar-refractivity contribution in [3.63, 3.8) is 0 Å². The first-order chi connectivity index (χ1) is 14.3. The van der Waals surface area contributed by atoms with Gasteiger partial charge in [-0.05, 0) is 35.1 Å². The predicted octanol–water partition coefficient (Wildman–Crippen LogP) is 5.27. The summed E-state index contributed by atoms with van der Waals surface area (Å²) in [6, 6.07) is 30.9. The van der Waals surface area contributed by atoms with Gasteiger partial charge in [-0.1, -0.05) is 97.1 Å². The first kappa shape index (κ1) is 18.9. The summed E-state index contributed by atoms with van der Waals surface area (Å²) in [6.07, 6.45) is 6.29. The number of nitrogens with one attached hydrogen (secondary N) is 1. The average Bonchev–Trinajstić information content (AvgIpc) is 3.56. The first-order valence-corrected chi connectivity index (χ1v) is 9.97. The molecule has 0 saturated heterocycles. The first-order valence-electron chi connectivity index (χ1n) is 9.97. The van der Waals surface area contributed by atoms with Gasteiger partial charge in [0.2, 0.25) is 5.91 Å². The van der Waals surface area contributed by atoms with E-state index in [4.69, 9.17) is 0 Å². The van der Waals surface area contributed by atoms with Crippen LogP contribution in [-0.2, 0) is 4.79 Å². The molecular formula is C26H24N2O. The van der Waals surface area contributed by atoms with Crippen LogP contribution in [-0.4, -0.2) is 12.1 Å². The Balaban J connectivity index is 1.38. The van der Waals surface area contributed by atoms with E-state index >= 15 is 0 Å². The molecule has 144 valence electrons. The standard InChI is InChI=1S/C26H24N2O/c29-26(28-27-18-10-13-20-11-4-1-5-12-20)24-19-23(24)25(21-14-6-2-7-15-21)22-16-8-3-9-17-22/h1-18,23-25H,19H2,(H,28,29)/b13-10+,27-18?/t23-,24+/m0/s1. The van der Waals surface area contributed by atoms with E-state index in [-0.39, 0.29) is 17.7 Å². The summed E-state index contributed by atoms with van der Waals surface area (Å²) in [5.41, 5.74) is 6.31. The van der Waals surface area contributed by atoms with Gasteiger partial charge in [-0.25, -0.2) is 5.43 Å². The van der Waals surface area contributed by atoms with E-state index in [1.165, 1.54) is 11.1 Å². The molecule has 2 atom stereocenters. The van der Waals surface area contributed by atoms with Crippen LogP contribution < -0.4 is 5.43 Å². The fourth-order valence-corrected chi connectivity index (χ4v) is 3.84. The Bertz CT molecular complexity index is 941. The third kappa shape index (κ3) is 4.88. The van der Waals surface area contributed by atoms with Crippen molar-refractivity contribution in [3.8, 4) is 0 Å². The van der Waals surface area contributed by atoms with Crippen molar-refractivity contribution in [2.45, 2.75) is 12.3 Å². The lowest BCUT2D eigenvalue weighted by molar-refractivity contribution is -0.122. The van der Waals surface area contributed by atoms with Gasteiger partial charge in [0, 0.05) is 18.1 Å². The highest BCUT2D eigenvalue weighted by atomic mass is 16.2. The molecule has 3 aromatic rings. The number of carbonyl (C=O) groups is 1. The molecule has 3 nitrogen and oxygen atoms in total. The molecule has 0 unspecified atom stereocenters. The molecule has 1 fully saturated rings. The van der Waals surface area contributed by atoms with Gasteiger partial charge in [0.15, 0.2) is 0 Å². The van der Waals surface area contributed by atoms with Crippen LogP contribution in [0.5, 0.6) is 0 Å². The fraction of sp³-hybridized carbons (Fsp3) is 0.154. The van der Waals surface area contributed by atoms with Gasteiger partial charge in [-0.2, -0.15) is 5.10 Å². The van der Waals surface area contributed by atoms with Gasteiger partial charge >= 0.3 is 0 Å². The molecule has 1 saturated carbocycles. The Morgan fingerprint density at radius 1 is 0.862 bits per heavy atom. The van der Waals surface area contributed by atoms with Crippen molar-refractivity contribution in [2.24, 2.45) is 16.9 Å². The predicted molar refractivity (Wildman–Crippen MR) is 118 cm³/mol. The van der Waals surface area contributed by atoms with Crippen LogP contribution in [0, 0.1) is 11.8 Å². The molecule has 3 aromatic carbocycles. The summed E-state index contributed by atoms with van der Waals surface area (Å²) < 4.78 is 0. The van der Waals surface area contributed by atoms with Gasteiger partial charge in [0.1, 0.15) is 0 Å². The quantitative estimate of drug-likeness (QED) is 0.440. The molecule has 4 rings (SSSR count). The van der Waals surface area contributed by atoms with Crippen LogP contribution in [0.25, 0.3) is 6.08 Å². The Hall–Kier alpha value is -3.46. The second-order valence-electron chi connectivity index (χ2n) is 7.33. The molecular weight excluding hydrogens is 356 g/mol. The fourth-order valence-electron chi connectivity index (χ4n) is 3.84. The largest absolute Gasteiger partial charge is 0.273 e. The molecule has 1 aliphatic rings. The minimum Gasteiger partial charge on any atom is -0.273 e. The number of benzene rings is 3. The maximum Gasteiger partial charge on any atom is 0.243 e. The Morgan fingerprint density at radius 3 is 2.00 bits per heavy atom. The van der Waals surface area contributed by atoms with Crippen LogP contribution in [0.4, 0.5) is 0 Å². The smallest absolute Gasteiger partial charge is 0.243 e. The zero-order valence-corrected chi connectivity index (χ0v) is 16.2. The molecule has 1 amide bonds. The second-order valence-corrected chi connectivity index (χ2v) is 7.33. The number of carbonyl (C=O) groups excluding carboxylic acids is 1. The van der Waals surface area contributed by atoms with Crippen molar-refractivity contribution >= 4 is 18.2 Å². The Morgan fingerprint density at radius 2 is 1.41 bits per heavy atom. The third-order valence-corrected chi connectivity index (χ3v) is 5.35. The molecule has 29 heavy (non-hydrogen) atoms. The topological polar surface area (TPSA) is 41.5 Å². The molecule has 1 N–H and O–H groups in total. The monoisotopic (exact) mass is 380 g/mol. The number of hydrazone groups is 1. The van der Waals surface area contributed by atoms with Crippen molar-refractivity contribution < 1.29 is 4.79 Å². The maximum atomic E-state index is 12.6. The Labute approximate surface area is 171 Å². The van der Waals surface area contributed by atoms with Gasteiger partial charge in [0.05, 0.1) is 0 Å². The van der Waals surface area contributed by atoms with E-state index in [1.807, 2.05) is 54.6 Å². The molecule has 0 bridgehead atoms. The SMILES string of the molecule is O=C(NN=C/C=C/c1ccccc1)[C@@H]1C[C@@H]1C(c1ccccc1)c1ccccc1. The molecule has 0 radical (unpaired) electrons. The van der Waals surface area contributed by atoms with E-state index in [1.54, 1.807) is 6.21 Å². The third-order valence-electron chi connectivity index (χ3n) is 5.35. The van der Waals surface area contributed by atoms with Crippen LogP contribution in [0.2, 0.25) is 0 Å². The van der Waals surface area contributed by atoms with E-state index in [0.717, 1.165) is 12.0 Å².